The van der Waals surface area contributed by atoms with Gasteiger partial charge in [-0.1, -0.05) is 35.9 Å². The summed E-state index contributed by atoms with van der Waals surface area (Å²) in [7, 11) is 0. The third-order valence-corrected chi connectivity index (χ3v) is 3.92. The van der Waals surface area contributed by atoms with Crippen LogP contribution < -0.4 is 5.32 Å². The number of aromatic nitrogens is 1. The van der Waals surface area contributed by atoms with Gasteiger partial charge in [0, 0.05) is 21.7 Å². The van der Waals surface area contributed by atoms with Crippen molar-refractivity contribution in [1.82, 2.24) is 4.98 Å². The maximum Gasteiger partial charge on any atom is 0.187 e. The lowest BCUT2D eigenvalue weighted by Crippen LogP contribution is -1.89. The minimum Gasteiger partial charge on any atom is -0.332 e. The van der Waals surface area contributed by atoms with E-state index in [0.717, 1.165) is 27.1 Å². The van der Waals surface area contributed by atoms with E-state index in [9.17, 15) is 0 Å². The molecular weight excluding hydrogens is 288 g/mol. The van der Waals surface area contributed by atoms with Crippen molar-refractivity contribution in [3.8, 4) is 11.3 Å². The third kappa shape index (κ3) is 3.00. The summed E-state index contributed by atoms with van der Waals surface area (Å²) in [5.41, 5.74) is 4.32. The number of benzene rings is 2. The molecular formula is C16H13ClN2S. The molecule has 1 aromatic heterocycles. The fraction of sp³-hybridized carbons (Fsp3) is 0.0625. The fourth-order valence-electron chi connectivity index (χ4n) is 1.93. The van der Waals surface area contributed by atoms with E-state index in [0.29, 0.717) is 0 Å². The van der Waals surface area contributed by atoms with Crippen molar-refractivity contribution in [2.24, 2.45) is 0 Å². The highest BCUT2D eigenvalue weighted by Crippen LogP contribution is 2.28. The van der Waals surface area contributed by atoms with E-state index < -0.39 is 0 Å². The second kappa shape index (κ2) is 5.65. The molecule has 20 heavy (non-hydrogen) atoms. The van der Waals surface area contributed by atoms with Gasteiger partial charge in [-0.3, -0.25) is 0 Å². The van der Waals surface area contributed by atoms with E-state index in [1.54, 1.807) is 11.3 Å². The molecule has 0 atom stereocenters. The van der Waals surface area contributed by atoms with Crippen molar-refractivity contribution >= 4 is 33.8 Å². The van der Waals surface area contributed by atoms with E-state index in [1.807, 2.05) is 41.8 Å². The summed E-state index contributed by atoms with van der Waals surface area (Å²) in [6, 6.07) is 16.0. The van der Waals surface area contributed by atoms with Gasteiger partial charge in [0.15, 0.2) is 5.13 Å². The summed E-state index contributed by atoms with van der Waals surface area (Å²) in [5.74, 6) is 0. The van der Waals surface area contributed by atoms with Crippen LogP contribution in [-0.2, 0) is 0 Å². The monoisotopic (exact) mass is 300 g/mol. The lowest BCUT2D eigenvalue weighted by atomic mass is 10.2. The van der Waals surface area contributed by atoms with Gasteiger partial charge < -0.3 is 5.32 Å². The van der Waals surface area contributed by atoms with Crippen LogP contribution in [-0.4, -0.2) is 4.98 Å². The number of nitrogens with one attached hydrogen (secondary N) is 1. The van der Waals surface area contributed by atoms with E-state index in [1.165, 1.54) is 5.56 Å². The van der Waals surface area contributed by atoms with Gasteiger partial charge in [-0.2, -0.15) is 0 Å². The molecule has 3 aromatic rings. The molecule has 0 saturated heterocycles. The molecule has 4 heteroatoms. The minimum absolute atomic E-state index is 0.738. The van der Waals surface area contributed by atoms with Gasteiger partial charge in [0.25, 0.3) is 0 Å². The Balaban J connectivity index is 1.82. The molecule has 0 bridgehead atoms. The molecule has 0 unspecified atom stereocenters. The summed E-state index contributed by atoms with van der Waals surface area (Å²) in [4.78, 5) is 4.60. The van der Waals surface area contributed by atoms with Crippen LogP contribution in [0.3, 0.4) is 0 Å². The van der Waals surface area contributed by atoms with Crippen LogP contribution in [0.15, 0.2) is 53.9 Å². The number of thiazole rings is 1. The van der Waals surface area contributed by atoms with Gasteiger partial charge in [0.1, 0.15) is 0 Å². The first kappa shape index (κ1) is 13.2. The van der Waals surface area contributed by atoms with Gasteiger partial charge in [0.05, 0.1) is 5.69 Å². The average Bonchev–Trinajstić information content (AvgIpc) is 2.88. The number of nitrogens with zero attached hydrogens (tertiary/aromatic N) is 1. The molecule has 0 aliphatic carbocycles. The molecule has 100 valence electrons. The molecule has 1 heterocycles. The Labute approximate surface area is 127 Å². The fourth-order valence-corrected chi connectivity index (χ4v) is 2.80. The van der Waals surface area contributed by atoms with Crippen molar-refractivity contribution in [3.05, 3.63) is 64.5 Å². The highest BCUT2D eigenvalue weighted by Gasteiger charge is 2.05. The van der Waals surface area contributed by atoms with Gasteiger partial charge in [-0.15, -0.1) is 11.3 Å². The van der Waals surface area contributed by atoms with E-state index in [2.05, 4.69) is 29.4 Å². The first-order chi connectivity index (χ1) is 9.70. The number of anilines is 2. The third-order valence-electron chi connectivity index (χ3n) is 2.91. The Morgan fingerprint density at radius 3 is 2.65 bits per heavy atom. The van der Waals surface area contributed by atoms with Gasteiger partial charge >= 0.3 is 0 Å². The molecule has 3 rings (SSSR count). The molecule has 0 aliphatic heterocycles. The molecule has 2 nitrogen and oxygen atoms in total. The predicted molar refractivity (Wildman–Crippen MR) is 87.0 cm³/mol. The second-order valence-corrected chi connectivity index (χ2v) is 5.83. The second-order valence-electron chi connectivity index (χ2n) is 4.54. The highest BCUT2D eigenvalue weighted by atomic mass is 35.5. The average molecular weight is 301 g/mol. The minimum atomic E-state index is 0.738. The van der Waals surface area contributed by atoms with Crippen LogP contribution in [0, 0.1) is 6.92 Å². The summed E-state index contributed by atoms with van der Waals surface area (Å²) >= 11 is 7.49. The quantitative estimate of drug-likeness (QED) is 0.689. The number of halogens is 1. The van der Waals surface area contributed by atoms with Crippen LogP contribution in [0.5, 0.6) is 0 Å². The summed E-state index contributed by atoms with van der Waals surface area (Å²) in [6.07, 6.45) is 0. The van der Waals surface area contributed by atoms with Crippen molar-refractivity contribution in [2.45, 2.75) is 6.92 Å². The molecule has 0 fully saturated rings. The predicted octanol–water partition coefficient (Wildman–Crippen LogP) is 5.52. The number of aryl methyl sites for hydroxylation is 1. The zero-order valence-corrected chi connectivity index (χ0v) is 12.5. The van der Waals surface area contributed by atoms with Crippen LogP contribution in [0.1, 0.15) is 5.56 Å². The van der Waals surface area contributed by atoms with Crippen molar-refractivity contribution in [2.75, 3.05) is 5.32 Å². The van der Waals surface area contributed by atoms with Crippen molar-refractivity contribution < 1.29 is 0 Å². The first-order valence-electron chi connectivity index (χ1n) is 6.26. The van der Waals surface area contributed by atoms with Crippen molar-refractivity contribution in [3.63, 3.8) is 0 Å². The smallest absolute Gasteiger partial charge is 0.187 e. The topological polar surface area (TPSA) is 24.9 Å². The standard InChI is InChI=1S/C16H13ClN2S/c1-11-3-2-4-14(9-11)18-16-19-15(10-20-16)12-5-7-13(17)8-6-12/h2-10H,1H3,(H,18,19). The molecule has 2 aromatic carbocycles. The summed E-state index contributed by atoms with van der Waals surface area (Å²) in [5, 5.41) is 7.00. The Kier molecular flexibility index (Phi) is 3.72. The van der Waals surface area contributed by atoms with Crippen LogP contribution >= 0.6 is 22.9 Å². The zero-order valence-electron chi connectivity index (χ0n) is 10.9. The maximum atomic E-state index is 5.90. The van der Waals surface area contributed by atoms with Gasteiger partial charge in [-0.25, -0.2) is 4.98 Å². The van der Waals surface area contributed by atoms with E-state index in [4.69, 9.17) is 11.6 Å². The first-order valence-corrected chi connectivity index (χ1v) is 7.52. The van der Waals surface area contributed by atoms with E-state index >= 15 is 0 Å². The maximum absolute atomic E-state index is 5.90. The molecule has 0 radical (unpaired) electrons. The normalized spacial score (nSPS) is 10.5. The summed E-state index contributed by atoms with van der Waals surface area (Å²) in [6.45, 7) is 2.08. The lowest BCUT2D eigenvalue weighted by Gasteiger charge is -2.03. The Morgan fingerprint density at radius 1 is 1.10 bits per heavy atom. The Bertz CT molecular complexity index is 719. The van der Waals surface area contributed by atoms with Gasteiger partial charge in [-0.05, 0) is 36.8 Å². The zero-order chi connectivity index (χ0) is 13.9. The Hall–Kier alpha value is -1.84. The molecule has 0 amide bonds. The molecule has 0 aliphatic rings. The SMILES string of the molecule is Cc1cccc(Nc2nc(-c3ccc(Cl)cc3)cs2)c1. The number of hydrogen-bond acceptors (Lipinski definition) is 3. The van der Waals surface area contributed by atoms with Crippen molar-refractivity contribution in [1.29, 1.82) is 0 Å². The lowest BCUT2D eigenvalue weighted by molar-refractivity contribution is 1.37. The number of hydrogen-bond donors (Lipinski definition) is 1. The van der Waals surface area contributed by atoms with Crippen LogP contribution in [0.2, 0.25) is 5.02 Å². The van der Waals surface area contributed by atoms with Crippen LogP contribution in [0.4, 0.5) is 10.8 Å². The molecule has 1 N–H and O–H groups in total. The van der Waals surface area contributed by atoms with Crippen LogP contribution in [0.25, 0.3) is 11.3 Å². The largest absolute Gasteiger partial charge is 0.332 e. The summed E-state index contributed by atoms with van der Waals surface area (Å²) < 4.78 is 0. The molecule has 0 spiro atoms. The highest BCUT2D eigenvalue weighted by molar-refractivity contribution is 7.14. The Morgan fingerprint density at radius 2 is 1.90 bits per heavy atom. The number of rotatable bonds is 3. The molecule has 0 saturated carbocycles. The van der Waals surface area contributed by atoms with Gasteiger partial charge in [0.2, 0.25) is 0 Å². The van der Waals surface area contributed by atoms with E-state index in [-0.39, 0.29) is 0 Å².